The maximum Gasteiger partial charge on any atom is 0.253 e. The van der Waals surface area contributed by atoms with Crippen molar-refractivity contribution < 1.29 is 39.0 Å². The Morgan fingerprint density at radius 1 is 0.788 bits per heavy atom. The normalized spacial score (nSPS) is 19.6. The van der Waals surface area contributed by atoms with Crippen LogP contribution < -0.4 is 43.4 Å². The van der Waals surface area contributed by atoms with Gasteiger partial charge in [0.1, 0.15) is 29.6 Å². The van der Waals surface area contributed by atoms with Gasteiger partial charge < -0.3 is 53.6 Å². The lowest BCUT2D eigenvalue weighted by Gasteiger charge is -2.25. The third-order valence-electron chi connectivity index (χ3n) is 8.34. The molecule has 3 aromatic rings. The predicted molar refractivity (Wildman–Crippen MR) is 190 cm³/mol. The second-order valence-electron chi connectivity index (χ2n) is 12.4. The second kappa shape index (κ2) is 18.7. The van der Waals surface area contributed by atoms with Gasteiger partial charge in [0, 0.05) is 25.2 Å². The average molecular weight is 717 g/mol. The number of nitrogen functional groups attached to an aromatic ring is 1. The first-order valence-corrected chi connectivity index (χ1v) is 16.8. The van der Waals surface area contributed by atoms with Crippen molar-refractivity contribution in [2.75, 3.05) is 25.4 Å². The van der Waals surface area contributed by atoms with E-state index < -0.39 is 66.2 Å². The summed E-state index contributed by atoms with van der Waals surface area (Å²) in [7, 11) is 0. The first-order valence-electron chi connectivity index (χ1n) is 16.8. The average Bonchev–Trinajstić information content (AvgIpc) is 3.12. The molecule has 1 heterocycles. The van der Waals surface area contributed by atoms with Crippen molar-refractivity contribution in [1.82, 2.24) is 31.9 Å². The van der Waals surface area contributed by atoms with Crippen LogP contribution in [0.5, 0.6) is 11.5 Å². The molecule has 0 bridgehead atoms. The summed E-state index contributed by atoms with van der Waals surface area (Å²) in [6.07, 6.45) is 0.986. The summed E-state index contributed by atoms with van der Waals surface area (Å²) in [5, 5.41) is 35.0. The molecule has 2 unspecified atom stereocenters. The van der Waals surface area contributed by atoms with Gasteiger partial charge in [0.2, 0.25) is 29.5 Å². The van der Waals surface area contributed by atoms with Crippen molar-refractivity contribution in [3.8, 4) is 11.5 Å². The third-order valence-corrected chi connectivity index (χ3v) is 8.34. The molecule has 16 heteroatoms. The van der Waals surface area contributed by atoms with E-state index in [0.717, 1.165) is 0 Å². The Balaban J connectivity index is 1.50. The molecule has 3 aromatic carbocycles. The summed E-state index contributed by atoms with van der Waals surface area (Å²) in [5.41, 5.74) is 13.7. The number of hydrogen-bond donors (Lipinski definition) is 10. The van der Waals surface area contributed by atoms with E-state index in [2.05, 4.69) is 31.9 Å². The van der Waals surface area contributed by atoms with Crippen LogP contribution >= 0.6 is 0 Å². The van der Waals surface area contributed by atoms with Crippen molar-refractivity contribution in [1.29, 1.82) is 0 Å². The van der Waals surface area contributed by atoms with Crippen LogP contribution in [0.4, 0.5) is 5.69 Å². The second-order valence-corrected chi connectivity index (χ2v) is 12.4. The number of anilines is 1. The Kier molecular flexibility index (Phi) is 13.9. The van der Waals surface area contributed by atoms with Crippen LogP contribution in [-0.2, 0) is 36.8 Å². The smallest absolute Gasteiger partial charge is 0.253 e. The highest BCUT2D eigenvalue weighted by Gasteiger charge is 2.29. The van der Waals surface area contributed by atoms with E-state index in [9.17, 15) is 39.0 Å². The van der Waals surface area contributed by atoms with Gasteiger partial charge in [-0.3, -0.25) is 28.8 Å². The minimum atomic E-state index is -1.25. The summed E-state index contributed by atoms with van der Waals surface area (Å²) < 4.78 is 0. The molecule has 1 saturated heterocycles. The fourth-order valence-corrected chi connectivity index (χ4v) is 5.42. The topological polar surface area (TPSA) is 267 Å². The minimum absolute atomic E-state index is 0.00701. The van der Waals surface area contributed by atoms with Gasteiger partial charge >= 0.3 is 0 Å². The van der Waals surface area contributed by atoms with E-state index in [0.29, 0.717) is 24.0 Å². The number of nitrogens with one attached hydrogen (secondary N) is 6. The number of benzene rings is 3. The lowest BCUT2D eigenvalue weighted by Crippen LogP contribution is -2.58. The Morgan fingerprint density at radius 2 is 1.44 bits per heavy atom. The summed E-state index contributed by atoms with van der Waals surface area (Å²) >= 11 is 0. The summed E-state index contributed by atoms with van der Waals surface area (Å²) in [5.74, 6) is -3.85. The van der Waals surface area contributed by atoms with Crippen molar-refractivity contribution in [2.45, 2.75) is 56.3 Å². The largest absolute Gasteiger partial charge is 0.508 e. The Bertz CT molecular complexity index is 1730. The number of hydrogen-bond acceptors (Lipinski definition) is 10. The molecule has 6 amide bonds. The van der Waals surface area contributed by atoms with Crippen molar-refractivity contribution in [3.63, 3.8) is 0 Å². The first-order chi connectivity index (χ1) is 24.9. The highest BCUT2D eigenvalue weighted by molar-refractivity contribution is 6.00. The zero-order chi connectivity index (χ0) is 37.6. The van der Waals surface area contributed by atoms with Gasteiger partial charge in [-0.05, 0) is 73.2 Å². The number of phenolic OH excluding ortho intramolecular Hbond substituents is 2. The highest BCUT2D eigenvalue weighted by Crippen LogP contribution is 2.14. The number of phenols is 2. The lowest BCUT2D eigenvalue weighted by molar-refractivity contribution is -0.133. The van der Waals surface area contributed by atoms with Crippen molar-refractivity contribution in [2.24, 2.45) is 5.73 Å². The molecular weight excluding hydrogens is 672 g/mol. The molecule has 1 aliphatic heterocycles. The minimum Gasteiger partial charge on any atom is -0.508 e. The number of para-hydroxylation sites is 1. The molecule has 4 rings (SSSR count). The molecule has 0 saturated carbocycles. The van der Waals surface area contributed by atoms with E-state index in [1.54, 1.807) is 42.5 Å². The monoisotopic (exact) mass is 716 g/mol. The fourth-order valence-electron chi connectivity index (χ4n) is 5.42. The molecule has 4 atom stereocenters. The Labute approximate surface area is 300 Å². The number of amides is 6. The van der Waals surface area contributed by atoms with Gasteiger partial charge in [-0.1, -0.05) is 36.4 Å². The molecule has 16 nitrogen and oxygen atoms in total. The van der Waals surface area contributed by atoms with Gasteiger partial charge in [0.25, 0.3) is 5.91 Å². The van der Waals surface area contributed by atoms with Crippen LogP contribution in [0.2, 0.25) is 0 Å². The van der Waals surface area contributed by atoms with Crippen LogP contribution in [0.25, 0.3) is 0 Å². The van der Waals surface area contributed by atoms with Gasteiger partial charge in [0.15, 0.2) is 0 Å². The standard InChI is InChI=1S/C36H44N8O8/c37-26-6-2-1-5-25(26)32(48)40-19-30-35(51)39-16-4-3-7-28(43-33(49)27(38)17-21-8-12-23(45)13-9-21)34(50)41-20-31(47)42-29(36(52)44-30)18-22-10-14-24(46)15-11-22/h1-2,5-6,8-15,27-30,45-46H,3-4,7,16-20,37-38H2,(H,39,51)(H,40,48)(H,41,50)(H,42,47)(H,43,49)(H,44,52)/t27-,28?,29?,30-/m0/s1. The molecular formula is C36H44N8O8. The van der Waals surface area contributed by atoms with Gasteiger partial charge in [-0.2, -0.15) is 0 Å². The van der Waals surface area contributed by atoms with Crippen LogP contribution in [0, 0.1) is 0 Å². The number of rotatable bonds is 9. The number of nitrogens with two attached hydrogens (primary N) is 2. The molecule has 1 fully saturated rings. The van der Waals surface area contributed by atoms with Gasteiger partial charge in [-0.25, -0.2) is 0 Å². The van der Waals surface area contributed by atoms with Crippen LogP contribution in [0.15, 0.2) is 72.8 Å². The number of aromatic hydroxyl groups is 2. The Morgan fingerprint density at radius 3 is 2.12 bits per heavy atom. The van der Waals surface area contributed by atoms with Crippen LogP contribution in [0.3, 0.4) is 0 Å². The maximum absolute atomic E-state index is 13.7. The van der Waals surface area contributed by atoms with E-state index in [1.807, 2.05) is 0 Å². The van der Waals surface area contributed by atoms with Crippen LogP contribution in [0.1, 0.15) is 40.7 Å². The molecule has 276 valence electrons. The SMILES string of the molecule is Nc1ccccc1C(=O)NC[C@@H]1NC(=O)C(Cc2ccc(O)cc2)NC(=O)CNC(=O)C(NC(=O)[C@@H](N)Cc2ccc(O)cc2)CCCCNC1=O. The molecule has 12 N–H and O–H groups in total. The van der Waals surface area contributed by atoms with E-state index in [-0.39, 0.29) is 55.1 Å². The molecule has 0 aromatic heterocycles. The first kappa shape index (κ1) is 38.6. The van der Waals surface area contributed by atoms with Gasteiger partial charge in [-0.15, -0.1) is 0 Å². The van der Waals surface area contributed by atoms with E-state index in [4.69, 9.17) is 11.5 Å². The molecule has 52 heavy (non-hydrogen) atoms. The summed E-state index contributed by atoms with van der Waals surface area (Å²) in [6, 6.07) is 13.9. The molecule has 0 radical (unpaired) electrons. The number of carbonyl (C=O) groups is 6. The number of carbonyl (C=O) groups excluding carboxylic acids is 6. The zero-order valence-electron chi connectivity index (χ0n) is 28.4. The highest BCUT2D eigenvalue weighted by atomic mass is 16.3. The molecule has 0 spiro atoms. The molecule has 1 aliphatic rings. The predicted octanol–water partition coefficient (Wildman–Crippen LogP) is -0.907. The molecule has 0 aliphatic carbocycles. The summed E-state index contributed by atoms with van der Waals surface area (Å²) in [6.45, 7) is -0.705. The lowest BCUT2D eigenvalue weighted by atomic mass is 10.0. The van der Waals surface area contributed by atoms with Crippen molar-refractivity contribution >= 4 is 41.1 Å². The van der Waals surface area contributed by atoms with E-state index in [1.165, 1.54) is 30.3 Å². The summed E-state index contributed by atoms with van der Waals surface area (Å²) in [4.78, 5) is 79.3. The fraction of sp³-hybridized carbons (Fsp3) is 0.333. The third kappa shape index (κ3) is 11.7. The van der Waals surface area contributed by atoms with Crippen molar-refractivity contribution in [3.05, 3.63) is 89.5 Å². The zero-order valence-corrected chi connectivity index (χ0v) is 28.4. The Hall–Kier alpha value is -6.16. The van der Waals surface area contributed by atoms with Gasteiger partial charge in [0.05, 0.1) is 18.2 Å². The van der Waals surface area contributed by atoms with E-state index >= 15 is 0 Å². The van der Waals surface area contributed by atoms with Crippen LogP contribution in [-0.4, -0.2) is 89.5 Å². The maximum atomic E-state index is 13.7. The quantitative estimate of drug-likeness (QED) is 0.122.